The van der Waals surface area contributed by atoms with Crippen molar-refractivity contribution in [2.75, 3.05) is 26.4 Å². The van der Waals surface area contributed by atoms with Crippen molar-refractivity contribution in [3.8, 4) is 5.75 Å². The molecule has 2 aliphatic rings. The molecule has 0 aromatic heterocycles. The summed E-state index contributed by atoms with van der Waals surface area (Å²) >= 11 is 0. The molecule has 1 aromatic rings. The number of piperidine rings is 1. The largest absolute Gasteiger partial charge is 0.484 e. The molecule has 3 rings (SSSR count). The Morgan fingerprint density at radius 2 is 1.84 bits per heavy atom. The normalized spacial score (nSPS) is 22.2. The molecule has 0 bridgehead atoms. The van der Waals surface area contributed by atoms with E-state index in [-0.39, 0.29) is 30.3 Å². The van der Waals surface area contributed by atoms with Crippen LogP contribution in [-0.4, -0.2) is 49.5 Å². The van der Waals surface area contributed by atoms with E-state index in [0.717, 1.165) is 31.6 Å². The van der Waals surface area contributed by atoms with E-state index in [2.05, 4.69) is 32.9 Å². The molecule has 0 radical (unpaired) electrons. The van der Waals surface area contributed by atoms with Gasteiger partial charge in [-0.15, -0.1) is 0 Å². The summed E-state index contributed by atoms with van der Waals surface area (Å²) in [5.74, 6) is 0.729. The number of hydrogen-bond acceptors (Lipinski definition) is 4. The predicted molar refractivity (Wildman–Crippen MR) is 95.7 cm³/mol. The van der Waals surface area contributed by atoms with Crippen molar-refractivity contribution in [2.45, 2.75) is 57.8 Å². The number of likely N-dealkylation sites (tertiary alicyclic amines) is 1. The SMILES string of the molecule is CC(C)(C)c1ccc(OCC(=O)N2CCCCC2C2OCCO2)cc1. The standard InChI is InChI=1S/C20H29NO4/c1-20(2,3)15-7-9-16(10-8-15)25-14-18(22)21-11-5-4-6-17(21)19-23-12-13-24-19/h7-10,17,19H,4-6,11-14H2,1-3H3. The van der Waals surface area contributed by atoms with Crippen molar-refractivity contribution in [2.24, 2.45) is 0 Å². The number of carbonyl (C=O) groups excluding carboxylic acids is 1. The van der Waals surface area contributed by atoms with Gasteiger partial charge in [-0.2, -0.15) is 0 Å². The van der Waals surface area contributed by atoms with E-state index in [1.54, 1.807) is 0 Å². The van der Waals surface area contributed by atoms with Crippen LogP contribution in [0.25, 0.3) is 0 Å². The maximum Gasteiger partial charge on any atom is 0.260 e. The van der Waals surface area contributed by atoms with Gasteiger partial charge in [-0.25, -0.2) is 0 Å². The van der Waals surface area contributed by atoms with Gasteiger partial charge in [0, 0.05) is 6.54 Å². The lowest BCUT2D eigenvalue weighted by molar-refractivity contribution is -0.152. The van der Waals surface area contributed by atoms with Gasteiger partial charge < -0.3 is 19.1 Å². The van der Waals surface area contributed by atoms with Gasteiger partial charge in [0.1, 0.15) is 5.75 Å². The summed E-state index contributed by atoms with van der Waals surface area (Å²) in [6.07, 6.45) is 2.77. The fourth-order valence-electron chi connectivity index (χ4n) is 3.43. The first-order valence-corrected chi connectivity index (χ1v) is 9.21. The summed E-state index contributed by atoms with van der Waals surface area (Å²) in [7, 11) is 0. The van der Waals surface area contributed by atoms with Crippen molar-refractivity contribution in [3.63, 3.8) is 0 Å². The number of ether oxygens (including phenoxy) is 3. The molecule has 1 aromatic carbocycles. The molecule has 25 heavy (non-hydrogen) atoms. The van der Waals surface area contributed by atoms with Crippen LogP contribution in [-0.2, 0) is 19.7 Å². The monoisotopic (exact) mass is 347 g/mol. The zero-order valence-corrected chi connectivity index (χ0v) is 15.5. The van der Waals surface area contributed by atoms with Crippen molar-refractivity contribution < 1.29 is 19.0 Å². The molecule has 0 spiro atoms. The van der Waals surface area contributed by atoms with Crippen LogP contribution < -0.4 is 4.74 Å². The van der Waals surface area contributed by atoms with E-state index in [1.165, 1.54) is 5.56 Å². The van der Waals surface area contributed by atoms with E-state index >= 15 is 0 Å². The molecule has 0 saturated carbocycles. The molecule has 1 amide bonds. The Morgan fingerprint density at radius 3 is 2.48 bits per heavy atom. The van der Waals surface area contributed by atoms with Gasteiger partial charge in [0.25, 0.3) is 5.91 Å². The molecule has 0 N–H and O–H groups in total. The lowest BCUT2D eigenvalue weighted by atomic mass is 9.87. The second-order valence-corrected chi connectivity index (χ2v) is 7.82. The highest BCUT2D eigenvalue weighted by Crippen LogP contribution is 2.26. The third-order valence-electron chi connectivity index (χ3n) is 4.91. The smallest absolute Gasteiger partial charge is 0.260 e. The van der Waals surface area contributed by atoms with Crippen LogP contribution in [0.15, 0.2) is 24.3 Å². The van der Waals surface area contributed by atoms with Gasteiger partial charge >= 0.3 is 0 Å². The van der Waals surface area contributed by atoms with Crippen molar-refractivity contribution in [3.05, 3.63) is 29.8 Å². The molecule has 2 heterocycles. The van der Waals surface area contributed by atoms with Crippen molar-refractivity contribution in [1.82, 2.24) is 4.90 Å². The highest BCUT2D eigenvalue weighted by molar-refractivity contribution is 5.78. The van der Waals surface area contributed by atoms with E-state index in [0.29, 0.717) is 13.2 Å². The van der Waals surface area contributed by atoms with E-state index in [1.807, 2.05) is 17.0 Å². The second-order valence-electron chi connectivity index (χ2n) is 7.82. The first kappa shape index (κ1) is 18.2. The first-order chi connectivity index (χ1) is 11.9. The topological polar surface area (TPSA) is 48.0 Å². The Labute approximate surface area is 150 Å². The van der Waals surface area contributed by atoms with Crippen LogP contribution >= 0.6 is 0 Å². The first-order valence-electron chi connectivity index (χ1n) is 9.21. The summed E-state index contributed by atoms with van der Waals surface area (Å²) in [6.45, 7) is 8.55. The summed E-state index contributed by atoms with van der Waals surface area (Å²) < 4.78 is 17.0. The maximum absolute atomic E-state index is 12.7. The summed E-state index contributed by atoms with van der Waals surface area (Å²) in [5.41, 5.74) is 1.36. The van der Waals surface area contributed by atoms with Gasteiger partial charge in [0.2, 0.25) is 0 Å². The quantitative estimate of drug-likeness (QED) is 0.840. The lowest BCUT2D eigenvalue weighted by Crippen LogP contribution is -2.51. The van der Waals surface area contributed by atoms with E-state index in [9.17, 15) is 4.79 Å². The number of rotatable bonds is 4. The molecule has 2 aliphatic heterocycles. The highest BCUT2D eigenvalue weighted by atomic mass is 16.7. The van der Waals surface area contributed by atoms with Crippen molar-refractivity contribution >= 4 is 5.91 Å². The van der Waals surface area contributed by atoms with Crippen LogP contribution in [0.3, 0.4) is 0 Å². The summed E-state index contributed by atoms with van der Waals surface area (Å²) in [5, 5.41) is 0. The third-order valence-corrected chi connectivity index (χ3v) is 4.91. The van der Waals surface area contributed by atoms with Crippen LogP contribution in [0.5, 0.6) is 5.75 Å². The second kappa shape index (κ2) is 7.75. The number of amides is 1. The Kier molecular flexibility index (Phi) is 5.64. The molecule has 1 unspecified atom stereocenters. The minimum absolute atomic E-state index is 0.00342. The zero-order valence-electron chi connectivity index (χ0n) is 15.5. The van der Waals surface area contributed by atoms with Gasteiger partial charge in [0.15, 0.2) is 12.9 Å². The highest BCUT2D eigenvalue weighted by Gasteiger charge is 2.36. The number of nitrogens with zero attached hydrogens (tertiary/aromatic N) is 1. The van der Waals surface area contributed by atoms with Crippen LogP contribution in [0.4, 0.5) is 0 Å². The molecule has 138 valence electrons. The summed E-state index contributed by atoms with van der Waals surface area (Å²) in [4.78, 5) is 14.5. The number of carbonyl (C=O) groups is 1. The molecular formula is C20H29NO4. The van der Waals surface area contributed by atoms with Crippen LogP contribution in [0.2, 0.25) is 0 Å². The molecule has 2 saturated heterocycles. The maximum atomic E-state index is 12.7. The average Bonchev–Trinajstić information content (AvgIpc) is 3.14. The molecule has 5 nitrogen and oxygen atoms in total. The molecular weight excluding hydrogens is 318 g/mol. The van der Waals surface area contributed by atoms with Crippen LogP contribution in [0.1, 0.15) is 45.6 Å². The summed E-state index contributed by atoms with van der Waals surface area (Å²) in [6, 6.07) is 8.00. The Morgan fingerprint density at radius 1 is 1.16 bits per heavy atom. The predicted octanol–water partition coefficient (Wildman–Crippen LogP) is 3.12. The number of benzene rings is 1. The molecule has 5 heteroatoms. The average molecular weight is 347 g/mol. The minimum atomic E-state index is -0.282. The zero-order chi connectivity index (χ0) is 17.9. The van der Waals surface area contributed by atoms with Gasteiger partial charge in [0.05, 0.1) is 19.3 Å². The lowest BCUT2D eigenvalue weighted by Gasteiger charge is -2.37. The Bertz CT molecular complexity index is 572. The number of hydrogen-bond donors (Lipinski definition) is 0. The molecule has 1 atom stereocenters. The molecule has 0 aliphatic carbocycles. The van der Waals surface area contributed by atoms with Gasteiger partial charge in [-0.1, -0.05) is 32.9 Å². The Balaban J connectivity index is 1.57. The van der Waals surface area contributed by atoms with E-state index < -0.39 is 0 Å². The van der Waals surface area contributed by atoms with Gasteiger partial charge in [-0.3, -0.25) is 4.79 Å². The minimum Gasteiger partial charge on any atom is -0.484 e. The van der Waals surface area contributed by atoms with E-state index in [4.69, 9.17) is 14.2 Å². The fourth-order valence-corrected chi connectivity index (χ4v) is 3.43. The molecule has 2 fully saturated rings. The van der Waals surface area contributed by atoms with Gasteiger partial charge in [-0.05, 0) is 42.4 Å². The third kappa shape index (κ3) is 4.53. The van der Waals surface area contributed by atoms with Crippen molar-refractivity contribution in [1.29, 1.82) is 0 Å². The fraction of sp³-hybridized carbons (Fsp3) is 0.650. The Hall–Kier alpha value is -1.59. The van der Waals surface area contributed by atoms with Crippen LogP contribution in [0, 0.1) is 0 Å².